The molecule has 0 radical (unpaired) electrons. The second-order valence-corrected chi connectivity index (χ2v) is 8.54. The average Bonchev–Trinajstić information content (AvgIpc) is 3.13. The van der Waals surface area contributed by atoms with E-state index in [1.165, 1.54) is 12.8 Å². The summed E-state index contributed by atoms with van der Waals surface area (Å²) in [6.07, 6.45) is 9.84. The number of aromatic nitrogens is 1. The van der Waals surface area contributed by atoms with Crippen LogP contribution in [0.15, 0.2) is 41.1 Å². The zero-order chi connectivity index (χ0) is 19.4. The number of furan rings is 1. The maximum Gasteiger partial charge on any atom is 0.222 e. The van der Waals surface area contributed by atoms with Gasteiger partial charge in [-0.05, 0) is 56.0 Å². The van der Waals surface area contributed by atoms with Crippen molar-refractivity contribution in [1.82, 2.24) is 14.8 Å². The molecule has 5 nitrogen and oxygen atoms in total. The minimum atomic E-state index is 0.215. The molecule has 2 aromatic heterocycles. The standard InChI is InChI=1S/C23H31N3O2/c1-2-5-20-7-8-21(28-20)16-25-13-4-10-23(17-25)11-9-22(27)26(18-23)15-19-6-3-12-24-14-19/h3,6-8,12,14H,2,4-5,9-11,13,15-18H2,1H3/t23-/m1/s1. The number of rotatable bonds is 6. The monoisotopic (exact) mass is 381 g/mol. The van der Waals surface area contributed by atoms with Gasteiger partial charge in [0.1, 0.15) is 11.5 Å². The Balaban J connectivity index is 1.40. The third-order valence-electron chi connectivity index (χ3n) is 6.18. The van der Waals surface area contributed by atoms with Crippen LogP contribution < -0.4 is 0 Å². The fourth-order valence-electron chi connectivity index (χ4n) is 4.85. The number of amides is 1. The molecule has 0 saturated carbocycles. The van der Waals surface area contributed by atoms with Crippen molar-refractivity contribution >= 4 is 5.91 Å². The minimum Gasteiger partial charge on any atom is -0.465 e. The number of hydrogen-bond acceptors (Lipinski definition) is 4. The smallest absolute Gasteiger partial charge is 0.222 e. The largest absolute Gasteiger partial charge is 0.465 e. The Morgan fingerprint density at radius 3 is 2.86 bits per heavy atom. The first-order valence-corrected chi connectivity index (χ1v) is 10.6. The van der Waals surface area contributed by atoms with Crippen molar-refractivity contribution in [3.8, 4) is 0 Å². The second-order valence-electron chi connectivity index (χ2n) is 8.54. The highest BCUT2D eigenvalue weighted by Gasteiger charge is 2.41. The summed E-state index contributed by atoms with van der Waals surface area (Å²) in [5.41, 5.74) is 1.33. The van der Waals surface area contributed by atoms with Gasteiger partial charge in [-0.1, -0.05) is 13.0 Å². The Labute approximate surface area is 167 Å². The van der Waals surface area contributed by atoms with E-state index < -0.39 is 0 Å². The SMILES string of the molecule is CCCc1ccc(CN2CCC[C@@]3(CCC(=O)N(Cc4cccnc4)C3)C2)o1. The molecule has 5 heteroatoms. The number of carbonyl (C=O) groups excluding carboxylic acids is 1. The molecule has 1 spiro atoms. The van der Waals surface area contributed by atoms with Crippen molar-refractivity contribution in [2.24, 2.45) is 5.41 Å². The molecule has 4 rings (SSSR count). The summed E-state index contributed by atoms with van der Waals surface area (Å²) in [6.45, 7) is 6.75. The molecule has 2 saturated heterocycles. The highest BCUT2D eigenvalue weighted by molar-refractivity contribution is 5.77. The van der Waals surface area contributed by atoms with Crippen LogP contribution in [0.3, 0.4) is 0 Å². The number of carbonyl (C=O) groups is 1. The van der Waals surface area contributed by atoms with E-state index in [-0.39, 0.29) is 11.3 Å². The summed E-state index contributed by atoms with van der Waals surface area (Å²) in [6, 6.07) is 8.25. The minimum absolute atomic E-state index is 0.215. The average molecular weight is 382 g/mol. The molecular formula is C23H31N3O2. The molecule has 2 aromatic rings. The topological polar surface area (TPSA) is 49.6 Å². The lowest BCUT2D eigenvalue weighted by Gasteiger charge is -2.48. The molecule has 0 bridgehead atoms. The van der Waals surface area contributed by atoms with Gasteiger partial charge in [0.25, 0.3) is 0 Å². The summed E-state index contributed by atoms with van der Waals surface area (Å²) >= 11 is 0. The molecule has 28 heavy (non-hydrogen) atoms. The molecule has 0 aliphatic carbocycles. The third kappa shape index (κ3) is 4.46. The summed E-state index contributed by atoms with van der Waals surface area (Å²) in [7, 11) is 0. The summed E-state index contributed by atoms with van der Waals surface area (Å²) in [4.78, 5) is 21.3. The van der Waals surface area contributed by atoms with Gasteiger partial charge < -0.3 is 9.32 Å². The molecule has 0 N–H and O–H groups in total. The molecule has 2 aliphatic rings. The molecule has 1 atom stereocenters. The van der Waals surface area contributed by atoms with Crippen LogP contribution in [0.2, 0.25) is 0 Å². The number of aryl methyl sites for hydroxylation is 1. The molecule has 2 aliphatic heterocycles. The van der Waals surface area contributed by atoms with Crippen molar-refractivity contribution < 1.29 is 9.21 Å². The van der Waals surface area contributed by atoms with E-state index in [1.54, 1.807) is 6.20 Å². The first-order chi connectivity index (χ1) is 13.7. The zero-order valence-electron chi connectivity index (χ0n) is 16.9. The Morgan fingerprint density at radius 1 is 1.14 bits per heavy atom. The summed E-state index contributed by atoms with van der Waals surface area (Å²) in [5, 5.41) is 0. The molecular weight excluding hydrogens is 350 g/mol. The number of pyridine rings is 1. The number of piperidine rings is 2. The lowest BCUT2D eigenvalue weighted by atomic mass is 9.73. The van der Waals surface area contributed by atoms with Gasteiger partial charge in [-0.3, -0.25) is 14.7 Å². The van der Waals surface area contributed by atoms with Gasteiger partial charge in [0.15, 0.2) is 0 Å². The van der Waals surface area contributed by atoms with Gasteiger partial charge in [-0.15, -0.1) is 0 Å². The van der Waals surface area contributed by atoms with E-state index in [1.807, 2.05) is 12.3 Å². The van der Waals surface area contributed by atoms with Crippen molar-refractivity contribution in [2.45, 2.75) is 58.5 Å². The molecule has 1 amide bonds. The van der Waals surface area contributed by atoms with Crippen molar-refractivity contribution in [3.63, 3.8) is 0 Å². The van der Waals surface area contributed by atoms with E-state index in [0.717, 1.165) is 62.5 Å². The van der Waals surface area contributed by atoms with Crippen molar-refractivity contribution in [3.05, 3.63) is 53.7 Å². The molecule has 150 valence electrons. The summed E-state index contributed by atoms with van der Waals surface area (Å²) in [5.74, 6) is 2.44. The van der Waals surface area contributed by atoms with Crippen LogP contribution >= 0.6 is 0 Å². The van der Waals surface area contributed by atoms with Gasteiger partial charge in [0.2, 0.25) is 5.91 Å². The Kier molecular flexibility index (Phi) is 5.81. The highest BCUT2D eigenvalue weighted by atomic mass is 16.3. The van der Waals surface area contributed by atoms with Gasteiger partial charge in [0, 0.05) is 50.3 Å². The maximum atomic E-state index is 12.5. The fourth-order valence-corrected chi connectivity index (χ4v) is 4.85. The molecule has 4 heterocycles. The fraction of sp³-hybridized carbons (Fsp3) is 0.565. The van der Waals surface area contributed by atoms with Crippen LogP contribution in [0.25, 0.3) is 0 Å². The quantitative estimate of drug-likeness (QED) is 0.758. The van der Waals surface area contributed by atoms with Gasteiger partial charge in [0.05, 0.1) is 6.54 Å². The van der Waals surface area contributed by atoms with Crippen LogP contribution in [0.5, 0.6) is 0 Å². The van der Waals surface area contributed by atoms with Gasteiger partial charge in [-0.2, -0.15) is 0 Å². The molecule has 0 unspecified atom stereocenters. The third-order valence-corrected chi connectivity index (χ3v) is 6.18. The van der Waals surface area contributed by atoms with Crippen LogP contribution in [0.4, 0.5) is 0 Å². The van der Waals surface area contributed by atoms with Gasteiger partial charge in [-0.25, -0.2) is 0 Å². The first-order valence-electron chi connectivity index (χ1n) is 10.6. The second kappa shape index (κ2) is 8.48. The Bertz CT molecular complexity index is 788. The van der Waals surface area contributed by atoms with E-state index in [9.17, 15) is 4.79 Å². The summed E-state index contributed by atoms with van der Waals surface area (Å²) < 4.78 is 6.01. The Morgan fingerprint density at radius 2 is 2.04 bits per heavy atom. The number of nitrogens with zero attached hydrogens (tertiary/aromatic N) is 3. The van der Waals surface area contributed by atoms with E-state index in [4.69, 9.17) is 4.42 Å². The molecule has 0 aromatic carbocycles. The van der Waals surface area contributed by atoms with Crippen LogP contribution in [-0.4, -0.2) is 40.3 Å². The normalized spacial score (nSPS) is 23.5. The van der Waals surface area contributed by atoms with E-state index in [2.05, 4.69) is 39.9 Å². The molecule has 2 fully saturated rings. The van der Waals surface area contributed by atoms with Crippen LogP contribution in [0.1, 0.15) is 56.1 Å². The number of hydrogen-bond donors (Lipinski definition) is 0. The van der Waals surface area contributed by atoms with Crippen LogP contribution in [-0.2, 0) is 24.3 Å². The lowest BCUT2D eigenvalue weighted by molar-refractivity contribution is -0.140. The maximum absolute atomic E-state index is 12.5. The Hall–Kier alpha value is -2.14. The first kappa shape index (κ1) is 19.2. The predicted octanol–water partition coefficient (Wildman–Crippen LogP) is 4.03. The van der Waals surface area contributed by atoms with Crippen molar-refractivity contribution in [2.75, 3.05) is 19.6 Å². The lowest BCUT2D eigenvalue weighted by Crippen LogP contribution is -2.53. The van der Waals surface area contributed by atoms with Crippen molar-refractivity contribution in [1.29, 1.82) is 0 Å². The highest BCUT2D eigenvalue weighted by Crippen LogP contribution is 2.39. The van der Waals surface area contributed by atoms with E-state index >= 15 is 0 Å². The number of likely N-dealkylation sites (tertiary alicyclic amines) is 2. The van der Waals surface area contributed by atoms with Gasteiger partial charge >= 0.3 is 0 Å². The van der Waals surface area contributed by atoms with E-state index in [0.29, 0.717) is 13.0 Å². The zero-order valence-corrected chi connectivity index (χ0v) is 16.9. The van der Waals surface area contributed by atoms with Crippen LogP contribution in [0, 0.1) is 5.41 Å². The predicted molar refractivity (Wildman–Crippen MR) is 109 cm³/mol.